The molecular weight excluding hydrogens is 495 g/mol. The molecule has 0 radical (unpaired) electrons. The van der Waals surface area contributed by atoms with Crippen LogP contribution < -0.4 is 24.8 Å². The fraction of sp³-hybridized carbons (Fsp3) is 0.179. The van der Waals surface area contributed by atoms with Crippen LogP contribution >= 0.6 is 0 Å². The summed E-state index contributed by atoms with van der Waals surface area (Å²) < 4.78 is 29.3. The second-order valence-electron chi connectivity index (χ2n) is 8.03. The molecule has 3 N–H and O–H groups in total. The molecule has 0 saturated heterocycles. The van der Waals surface area contributed by atoms with Gasteiger partial charge in [0.1, 0.15) is 17.6 Å². The van der Waals surface area contributed by atoms with Gasteiger partial charge in [-0.1, -0.05) is 42.5 Å². The maximum absolute atomic E-state index is 13.4. The number of carbonyl (C=O) groups is 3. The number of benzene rings is 3. The lowest BCUT2D eigenvalue weighted by Crippen LogP contribution is -2.45. The van der Waals surface area contributed by atoms with Crippen molar-refractivity contribution in [3.63, 3.8) is 0 Å². The van der Waals surface area contributed by atoms with E-state index in [4.69, 9.17) is 14.2 Å². The number of halogens is 1. The van der Waals surface area contributed by atoms with Gasteiger partial charge in [-0.25, -0.2) is 9.18 Å². The molecule has 1 unspecified atom stereocenters. The van der Waals surface area contributed by atoms with E-state index in [1.165, 1.54) is 63.8 Å². The van der Waals surface area contributed by atoms with Gasteiger partial charge in [0.15, 0.2) is 11.5 Å². The highest BCUT2D eigenvalue weighted by Gasteiger charge is 2.24. The van der Waals surface area contributed by atoms with Crippen molar-refractivity contribution in [3.8, 4) is 17.2 Å². The SMILES string of the molecule is COc1cc(C(=O)N/C(=C/c2ccc(F)cc2)C(=O)NC(Cc2ccccc2)C(=O)O)cc(OC)c1OC. The number of nitrogens with one attached hydrogen (secondary N) is 2. The van der Waals surface area contributed by atoms with Gasteiger partial charge < -0.3 is 30.0 Å². The molecule has 3 aromatic rings. The highest BCUT2D eigenvalue weighted by atomic mass is 19.1. The zero-order chi connectivity index (χ0) is 27.7. The predicted molar refractivity (Wildman–Crippen MR) is 138 cm³/mol. The zero-order valence-corrected chi connectivity index (χ0v) is 21.0. The summed E-state index contributed by atoms with van der Waals surface area (Å²) in [7, 11) is 4.21. The molecule has 10 heteroatoms. The Morgan fingerprint density at radius 2 is 1.53 bits per heavy atom. The van der Waals surface area contributed by atoms with Gasteiger partial charge in [0.25, 0.3) is 11.8 Å². The molecule has 3 rings (SSSR count). The molecule has 0 aliphatic heterocycles. The van der Waals surface area contributed by atoms with E-state index in [9.17, 15) is 23.9 Å². The van der Waals surface area contributed by atoms with Crippen LogP contribution in [0, 0.1) is 5.82 Å². The van der Waals surface area contributed by atoms with Crippen LogP contribution in [0.1, 0.15) is 21.5 Å². The van der Waals surface area contributed by atoms with E-state index in [1.54, 1.807) is 30.3 Å². The van der Waals surface area contributed by atoms with Crippen LogP contribution in [0.15, 0.2) is 72.4 Å². The van der Waals surface area contributed by atoms with E-state index < -0.39 is 29.6 Å². The first-order valence-electron chi connectivity index (χ1n) is 11.4. The van der Waals surface area contributed by atoms with E-state index in [0.717, 1.165) is 0 Å². The fourth-order valence-corrected chi connectivity index (χ4v) is 3.58. The van der Waals surface area contributed by atoms with Crippen molar-refractivity contribution in [1.29, 1.82) is 0 Å². The number of amides is 2. The van der Waals surface area contributed by atoms with Crippen molar-refractivity contribution >= 4 is 23.9 Å². The summed E-state index contributed by atoms with van der Waals surface area (Å²) in [6, 6.07) is 15.5. The molecule has 38 heavy (non-hydrogen) atoms. The highest BCUT2D eigenvalue weighted by Crippen LogP contribution is 2.38. The molecule has 0 fully saturated rings. The van der Waals surface area contributed by atoms with Crippen molar-refractivity contribution in [2.24, 2.45) is 0 Å². The number of hydrogen-bond donors (Lipinski definition) is 3. The quantitative estimate of drug-likeness (QED) is 0.330. The van der Waals surface area contributed by atoms with E-state index in [0.29, 0.717) is 11.1 Å². The van der Waals surface area contributed by atoms with Crippen LogP contribution in [0.5, 0.6) is 17.2 Å². The Kier molecular flexibility index (Phi) is 9.42. The summed E-state index contributed by atoms with van der Waals surface area (Å²) in [5.74, 6) is -2.57. The number of methoxy groups -OCH3 is 3. The average Bonchev–Trinajstić information content (AvgIpc) is 2.92. The van der Waals surface area contributed by atoms with Gasteiger partial charge in [0, 0.05) is 12.0 Å². The van der Waals surface area contributed by atoms with Gasteiger partial charge >= 0.3 is 5.97 Å². The minimum atomic E-state index is -1.28. The van der Waals surface area contributed by atoms with Gasteiger partial charge in [0.05, 0.1) is 21.3 Å². The molecule has 3 aromatic carbocycles. The summed E-state index contributed by atoms with van der Waals surface area (Å²) in [5, 5.41) is 14.7. The van der Waals surface area contributed by atoms with Crippen LogP contribution in [0.25, 0.3) is 6.08 Å². The number of carboxylic acids is 1. The molecule has 0 aromatic heterocycles. The standard InChI is InChI=1S/C28H27FN2O7/c1-36-23-15-19(16-24(37-2)25(23)38-3)26(32)30-21(13-18-9-11-20(29)12-10-18)27(33)31-22(28(34)35)14-17-7-5-4-6-8-17/h4-13,15-16,22H,14H2,1-3H3,(H,30,32)(H,31,33)(H,34,35)/b21-13+. The second-order valence-corrected chi connectivity index (χ2v) is 8.03. The van der Waals surface area contributed by atoms with Gasteiger partial charge in [-0.3, -0.25) is 9.59 Å². The van der Waals surface area contributed by atoms with Crippen molar-refractivity contribution in [2.45, 2.75) is 12.5 Å². The van der Waals surface area contributed by atoms with Crippen molar-refractivity contribution in [2.75, 3.05) is 21.3 Å². The lowest BCUT2D eigenvalue weighted by Gasteiger charge is -2.18. The first kappa shape index (κ1) is 27.7. The Balaban J connectivity index is 1.93. The van der Waals surface area contributed by atoms with Gasteiger partial charge in [0.2, 0.25) is 5.75 Å². The Bertz CT molecular complexity index is 1300. The van der Waals surface area contributed by atoms with Crippen LogP contribution in [-0.2, 0) is 16.0 Å². The molecule has 2 amide bonds. The van der Waals surface area contributed by atoms with Crippen molar-refractivity contribution < 1.29 is 38.1 Å². The molecule has 1 atom stereocenters. The molecule has 0 bridgehead atoms. The van der Waals surface area contributed by atoms with E-state index >= 15 is 0 Å². The molecule has 0 heterocycles. The number of ether oxygens (including phenoxy) is 3. The Morgan fingerprint density at radius 1 is 0.921 bits per heavy atom. The summed E-state index contributed by atoms with van der Waals surface area (Å²) in [6.45, 7) is 0. The minimum Gasteiger partial charge on any atom is -0.493 e. The lowest BCUT2D eigenvalue weighted by molar-refractivity contribution is -0.141. The topological polar surface area (TPSA) is 123 Å². The minimum absolute atomic E-state index is 0.0204. The van der Waals surface area contributed by atoms with Crippen molar-refractivity contribution in [1.82, 2.24) is 10.6 Å². The number of rotatable bonds is 11. The second kappa shape index (κ2) is 12.9. The number of carboxylic acid groups (broad SMARTS) is 1. The van der Waals surface area contributed by atoms with Crippen molar-refractivity contribution in [3.05, 3.63) is 94.9 Å². The van der Waals surface area contributed by atoms with E-state index in [2.05, 4.69) is 10.6 Å². The zero-order valence-electron chi connectivity index (χ0n) is 21.0. The number of hydrogen-bond acceptors (Lipinski definition) is 6. The molecule has 0 aliphatic carbocycles. The number of carbonyl (C=O) groups excluding carboxylic acids is 2. The average molecular weight is 523 g/mol. The Hall–Kier alpha value is -4.86. The van der Waals surface area contributed by atoms with E-state index in [1.807, 2.05) is 0 Å². The smallest absolute Gasteiger partial charge is 0.326 e. The maximum Gasteiger partial charge on any atom is 0.326 e. The summed E-state index contributed by atoms with van der Waals surface area (Å²) in [5.41, 5.74) is 0.924. The monoisotopic (exact) mass is 522 g/mol. The van der Waals surface area contributed by atoms with Gasteiger partial charge in [-0.15, -0.1) is 0 Å². The summed E-state index contributed by atoms with van der Waals surface area (Å²) >= 11 is 0. The fourth-order valence-electron chi connectivity index (χ4n) is 3.58. The molecular formula is C28H27FN2O7. The molecule has 0 aliphatic rings. The van der Waals surface area contributed by atoms with Crippen LogP contribution in [0.4, 0.5) is 4.39 Å². The summed E-state index contributed by atoms with van der Waals surface area (Å²) in [4.78, 5) is 38.3. The largest absolute Gasteiger partial charge is 0.493 e. The molecule has 0 spiro atoms. The van der Waals surface area contributed by atoms with Crippen LogP contribution in [-0.4, -0.2) is 50.3 Å². The first-order chi connectivity index (χ1) is 18.2. The lowest BCUT2D eigenvalue weighted by atomic mass is 10.1. The molecule has 198 valence electrons. The third kappa shape index (κ3) is 7.10. The maximum atomic E-state index is 13.4. The first-order valence-corrected chi connectivity index (χ1v) is 11.4. The predicted octanol–water partition coefficient (Wildman–Crippen LogP) is 3.43. The van der Waals surface area contributed by atoms with E-state index in [-0.39, 0.29) is 34.9 Å². The Labute approximate surface area is 218 Å². The normalized spacial score (nSPS) is 11.7. The summed E-state index contributed by atoms with van der Waals surface area (Å²) in [6.07, 6.45) is 1.33. The Morgan fingerprint density at radius 3 is 2.05 bits per heavy atom. The van der Waals surface area contributed by atoms with Gasteiger partial charge in [-0.2, -0.15) is 0 Å². The van der Waals surface area contributed by atoms with Gasteiger partial charge in [-0.05, 0) is 41.5 Å². The van der Waals surface area contributed by atoms with Crippen LogP contribution in [0.3, 0.4) is 0 Å². The number of aliphatic carboxylic acids is 1. The third-order valence-corrected chi connectivity index (χ3v) is 5.49. The molecule has 0 saturated carbocycles. The highest BCUT2D eigenvalue weighted by molar-refractivity contribution is 6.06. The van der Waals surface area contributed by atoms with Crippen LogP contribution in [0.2, 0.25) is 0 Å². The third-order valence-electron chi connectivity index (χ3n) is 5.49. The molecule has 9 nitrogen and oxygen atoms in total.